The van der Waals surface area contributed by atoms with Crippen LogP contribution in [0.3, 0.4) is 0 Å². The molecule has 1 aromatic rings. The van der Waals surface area contributed by atoms with Gasteiger partial charge >= 0.3 is 0 Å². The summed E-state index contributed by atoms with van der Waals surface area (Å²) in [6.07, 6.45) is 1.68. The number of anilines is 1. The van der Waals surface area contributed by atoms with E-state index in [1.54, 1.807) is 6.20 Å². The normalized spacial score (nSPS) is 13.6. The van der Waals surface area contributed by atoms with Crippen molar-refractivity contribution in [2.75, 3.05) is 19.0 Å². The molecule has 1 heterocycles. The SMILES string of the molecule is CCOC(c1nccc(NC)n1)C(C)(C)C. The minimum absolute atomic E-state index is 0.0115. The first-order valence-corrected chi connectivity index (χ1v) is 5.61. The van der Waals surface area contributed by atoms with Gasteiger partial charge in [-0.3, -0.25) is 0 Å². The number of hydrogen-bond donors (Lipinski definition) is 1. The second-order valence-electron chi connectivity index (χ2n) is 4.75. The van der Waals surface area contributed by atoms with Crippen LogP contribution in [0.15, 0.2) is 12.3 Å². The van der Waals surface area contributed by atoms with E-state index in [1.807, 2.05) is 20.0 Å². The Hall–Kier alpha value is -1.16. The maximum atomic E-state index is 5.74. The quantitative estimate of drug-likeness (QED) is 0.852. The van der Waals surface area contributed by atoms with Gasteiger partial charge in [0.05, 0.1) is 0 Å². The molecule has 0 fully saturated rings. The monoisotopic (exact) mass is 223 g/mol. The molecule has 90 valence electrons. The van der Waals surface area contributed by atoms with E-state index in [9.17, 15) is 0 Å². The maximum Gasteiger partial charge on any atom is 0.160 e. The lowest BCUT2D eigenvalue weighted by atomic mass is 9.88. The molecule has 16 heavy (non-hydrogen) atoms. The number of ether oxygens (including phenoxy) is 1. The molecule has 1 aromatic heterocycles. The zero-order chi connectivity index (χ0) is 12.2. The van der Waals surface area contributed by atoms with E-state index in [4.69, 9.17) is 4.74 Å². The molecule has 0 saturated heterocycles. The molecule has 1 atom stereocenters. The van der Waals surface area contributed by atoms with Crippen LogP contribution in [0, 0.1) is 5.41 Å². The van der Waals surface area contributed by atoms with Gasteiger partial charge in [0, 0.05) is 19.9 Å². The average molecular weight is 223 g/mol. The summed E-state index contributed by atoms with van der Waals surface area (Å²) in [6, 6.07) is 1.84. The highest BCUT2D eigenvalue weighted by Gasteiger charge is 2.29. The van der Waals surface area contributed by atoms with Crippen molar-refractivity contribution in [1.29, 1.82) is 0 Å². The number of hydrogen-bond acceptors (Lipinski definition) is 4. The van der Waals surface area contributed by atoms with Crippen LogP contribution >= 0.6 is 0 Å². The Morgan fingerprint density at radius 1 is 1.44 bits per heavy atom. The molecule has 0 bridgehead atoms. The maximum absolute atomic E-state index is 5.74. The van der Waals surface area contributed by atoms with E-state index in [2.05, 4.69) is 36.1 Å². The summed E-state index contributed by atoms with van der Waals surface area (Å²) in [5.41, 5.74) is -0.0115. The van der Waals surface area contributed by atoms with Gasteiger partial charge in [-0.2, -0.15) is 0 Å². The standard InChI is InChI=1S/C12H21N3O/c1-6-16-10(12(2,3)4)11-14-8-7-9(13-5)15-11/h7-8,10H,6H2,1-5H3,(H,13,14,15). The van der Waals surface area contributed by atoms with Crippen molar-refractivity contribution >= 4 is 5.82 Å². The van der Waals surface area contributed by atoms with E-state index in [0.717, 1.165) is 11.6 Å². The topological polar surface area (TPSA) is 47.0 Å². The molecule has 1 rings (SSSR count). The molecule has 1 N–H and O–H groups in total. The lowest BCUT2D eigenvalue weighted by Crippen LogP contribution is -2.23. The summed E-state index contributed by atoms with van der Waals surface area (Å²) >= 11 is 0. The predicted octanol–water partition coefficient (Wildman–Crippen LogP) is 2.64. The fourth-order valence-corrected chi connectivity index (χ4v) is 1.52. The van der Waals surface area contributed by atoms with E-state index in [0.29, 0.717) is 6.61 Å². The van der Waals surface area contributed by atoms with Crippen molar-refractivity contribution < 1.29 is 4.74 Å². The molecule has 0 saturated carbocycles. The minimum atomic E-state index is -0.0780. The smallest absolute Gasteiger partial charge is 0.160 e. The molecule has 0 radical (unpaired) electrons. The third-order valence-corrected chi connectivity index (χ3v) is 2.28. The fourth-order valence-electron chi connectivity index (χ4n) is 1.52. The lowest BCUT2D eigenvalue weighted by Gasteiger charge is -2.29. The van der Waals surface area contributed by atoms with Crippen LogP contribution in [0.2, 0.25) is 0 Å². The summed E-state index contributed by atoms with van der Waals surface area (Å²) in [7, 11) is 1.85. The van der Waals surface area contributed by atoms with Gasteiger partial charge in [0.15, 0.2) is 5.82 Å². The van der Waals surface area contributed by atoms with Crippen molar-refractivity contribution in [3.63, 3.8) is 0 Å². The summed E-state index contributed by atoms with van der Waals surface area (Å²) in [6.45, 7) is 9.03. The van der Waals surface area contributed by atoms with Gasteiger partial charge in [-0.05, 0) is 18.4 Å². The highest BCUT2D eigenvalue weighted by Crippen LogP contribution is 2.34. The molecule has 4 heteroatoms. The van der Waals surface area contributed by atoms with Crippen molar-refractivity contribution in [2.24, 2.45) is 5.41 Å². The largest absolute Gasteiger partial charge is 0.373 e. The average Bonchev–Trinajstić information content (AvgIpc) is 2.24. The van der Waals surface area contributed by atoms with Crippen molar-refractivity contribution in [1.82, 2.24) is 9.97 Å². The Morgan fingerprint density at radius 2 is 2.12 bits per heavy atom. The molecule has 0 aliphatic carbocycles. The second-order valence-corrected chi connectivity index (χ2v) is 4.75. The fraction of sp³-hybridized carbons (Fsp3) is 0.667. The third kappa shape index (κ3) is 3.17. The molecule has 0 spiro atoms. The zero-order valence-corrected chi connectivity index (χ0v) is 10.7. The van der Waals surface area contributed by atoms with Gasteiger partial charge in [-0.25, -0.2) is 9.97 Å². The van der Waals surface area contributed by atoms with Crippen LogP contribution in [0.4, 0.5) is 5.82 Å². The minimum Gasteiger partial charge on any atom is -0.373 e. The van der Waals surface area contributed by atoms with Crippen LogP contribution in [0.5, 0.6) is 0 Å². The van der Waals surface area contributed by atoms with Crippen LogP contribution in [0.1, 0.15) is 39.6 Å². The molecular formula is C12H21N3O. The summed E-state index contributed by atoms with van der Waals surface area (Å²) < 4.78 is 5.74. The van der Waals surface area contributed by atoms with Gasteiger partial charge in [0.2, 0.25) is 0 Å². The highest BCUT2D eigenvalue weighted by atomic mass is 16.5. The molecule has 0 aliphatic heterocycles. The van der Waals surface area contributed by atoms with Crippen LogP contribution in [-0.4, -0.2) is 23.6 Å². The van der Waals surface area contributed by atoms with E-state index in [-0.39, 0.29) is 11.5 Å². The molecular weight excluding hydrogens is 202 g/mol. The lowest BCUT2D eigenvalue weighted by molar-refractivity contribution is -0.0190. The van der Waals surface area contributed by atoms with Gasteiger partial charge < -0.3 is 10.1 Å². The van der Waals surface area contributed by atoms with Gasteiger partial charge in [-0.15, -0.1) is 0 Å². The first-order chi connectivity index (χ1) is 7.49. The van der Waals surface area contributed by atoms with E-state index in [1.165, 1.54) is 0 Å². The van der Waals surface area contributed by atoms with Gasteiger partial charge in [-0.1, -0.05) is 20.8 Å². The van der Waals surface area contributed by atoms with Gasteiger partial charge in [0.25, 0.3) is 0 Å². The Kier molecular flexibility index (Phi) is 4.24. The number of nitrogens with one attached hydrogen (secondary N) is 1. The number of nitrogens with zero attached hydrogens (tertiary/aromatic N) is 2. The first-order valence-electron chi connectivity index (χ1n) is 5.61. The first kappa shape index (κ1) is 12.9. The summed E-state index contributed by atoms with van der Waals surface area (Å²) in [5, 5.41) is 3.01. The Morgan fingerprint density at radius 3 is 2.62 bits per heavy atom. The van der Waals surface area contributed by atoms with Crippen molar-refractivity contribution in [2.45, 2.75) is 33.8 Å². The Bertz CT molecular complexity index is 333. The van der Waals surface area contributed by atoms with Crippen molar-refractivity contribution in [3.05, 3.63) is 18.1 Å². The molecule has 0 amide bonds. The van der Waals surface area contributed by atoms with Crippen LogP contribution < -0.4 is 5.32 Å². The highest BCUT2D eigenvalue weighted by molar-refractivity contribution is 5.32. The number of aromatic nitrogens is 2. The van der Waals surface area contributed by atoms with Crippen LogP contribution in [0.25, 0.3) is 0 Å². The summed E-state index contributed by atoms with van der Waals surface area (Å²) in [4.78, 5) is 8.73. The Balaban J connectivity index is 3.01. The molecule has 4 nitrogen and oxygen atoms in total. The molecule has 0 aliphatic rings. The molecule has 1 unspecified atom stereocenters. The summed E-state index contributed by atoms with van der Waals surface area (Å²) in [5.74, 6) is 1.56. The van der Waals surface area contributed by atoms with E-state index >= 15 is 0 Å². The van der Waals surface area contributed by atoms with Crippen LogP contribution in [-0.2, 0) is 4.74 Å². The zero-order valence-electron chi connectivity index (χ0n) is 10.7. The van der Waals surface area contributed by atoms with E-state index < -0.39 is 0 Å². The Labute approximate surface area is 97.5 Å². The van der Waals surface area contributed by atoms with Gasteiger partial charge in [0.1, 0.15) is 11.9 Å². The third-order valence-electron chi connectivity index (χ3n) is 2.28. The molecule has 0 aromatic carbocycles. The number of rotatable bonds is 4. The van der Waals surface area contributed by atoms with Crippen molar-refractivity contribution in [3.8, 4) is 0 Å². The predicted molar refractivity (Wildman–Crippen MR) is 65.4 cm³/mol. The second kappa shape index (κ2) is 5.25.